The summed E-state index contributed by atoms with van der Waals surface area (Å²) in [6, 6.07) is 6.32. The lowest BCUT2D eigenvalue weighted by Gasteiger charge is -2.16. The molecule has 0 saturated heterocycles. The third-order valence-corrected chi connectivity index (χ3v) is 3.85. The van der Waals surface area contributed by atoms with E-state index in [0.717, 1.165) is 29.1 Å². The van der Waals surface area contributed by atoms with E-state index in [1.54, 1.807) is 0 Å². The number of hydrogen-bond acceptors (Lipinski definition) is 4. The van der Waals surface area contributed by atoms with Crippen LogP contribution < -0.4 is 10.6 Å². The second kappa shape index (κ2) is 4.90. The van der Waals surface area contributed by atoms with Crippen LogP contribution >= 0.6 is 15.9 Å². The van der Waals surface area contributed by atoms with Gasteiger partial charge in [-0.1, -0.05) is 22.0 Å². The van der Waals surface area contributed by atoms with E-state index in [4.69, 9.17) is 5.73 Å². The number of hydrogen-bond donors (Lipinski definition) is 1. The molecule has 1 aliphatic carbocycles. The van der Waals surface area contributed by atoms with E-state index < -0.39 is 0 Å². The first-order chi connectivity index (χ1) is 9.19. The molecule has 1 aromatic carbocycles. The van der Waals surface area contributed by atoms with Gasteiger partial charge in [0.1, 0.15) is 0 Å². The lowest BCUT2D eigenvalue weighted by atomic mass is 10.1. The van der Waals surface area contributed by atoms with Gasteiger partial charge < -0.3 is 10.6 Å². The van der Waals surface area contributed by atoms with E-state index >= 15 is 0 Å². The van der Waals surface area contributed by atoms with E-state index in [9.17, 15) is 0 Å². The number of halogens is 1. The molecule has 0 fully saturated rings. The number of likely N-dealkylation sites (N-methyl/N-ethyl adjacent to an activating group) is 1. The Hall–Kier alpha value is -1.46. The number of fused-ring (bicyclic) bond motifs is 3. The molecular weight excluding hydrogens is 304 g/mol. The second-order valence-electron chi connectivity index (χ2n) is 4.73. The van der Waals surface area contributed by atoms with Gasteiger partial charge in [0.2, 0.25) is 5.95 Å². The third kappa shape index (κ3) is 2.24. The van der Waals surface area contributed by atoms with Crippen molar-refractivity contribution >= 4 is 21.9 Å². The van der Waals surface area contributed by atoms with Gasteiger partial charge in [-0.3, -0.25) is 0 Å². The summed E-state index contributed by atoms with van der Waals surface area (Å²) in [5.41, 5.74) is 10.3. The third-order valence-electron chi connectivity index (χ3n) is 3.36. The number of anilines is 1. The highest BCUT2D eigenvalue weighted by atomic mass is 79.9. The number of nitrogens with two attached hydrogens (primary N) is 1. The highest BCUT2D eigenvalue weighted by molar-refractivity contribution is 9.10. The molecule has 5 heteroatoms. The number of benzene rings is 1. The fourth-order valence-electron chi connectivity index (χ4n) is 2.38. The Kier molecular flexibility index (Phi) is 3.24. The fraction of sp³-hybridized carbons (Fsp3) is 0.286. The SMILES string of the molecule is CN(CCN)c1ncc2c(n1)-c1ccc(Br)cc1C2. The molecule has 0 atom stereocenters. The molecule has 98 valence electrons. The fourth-order valence-corrected chi connectivity index (χ4v) is 2.79. The van der Waals surface area contributed by atoms with E-state index in [1.165, 1.54) is 16.7 Å². The van der Waals surface area contributed by atoms with Gasteiger partial charge in [-0.05, 0) is 17.7 Å². The zero-order chi connectivity index (χ0) is 13.4. The van der Waals surface area contributed by atoms with Gasteiger partial charge in [-0.15, -0.1) is 0 Å². The topological polar surface area (TPSA) is 55.0 Å². The summed E-state index contributed by atoms with van der Waals surface area (Å²) in [7, 11) is 1.96. The summed E-state index contributed by atoms with van der Waals surface area (Å²) in [5, 5.41) is 0. The lowest BCUT2D eigenvalue weighted by molar-refractivity contribution is 0.845. The molecule has 1 heterocycles. The smallest absolute Gasteiger partial charge is 0.225 e. The van der Waals surface area contributed by atoms with E-state index in [2.05, 4.69) is 44.1 Å². The summed E-state index contributed by atoms with van der Waals surface area (Å²) in [6.45, 7) is 1.35. The van der Waals surface area contributed by atoms with E-state index in [0.29, 0.717) is 6.54 Å². The van der Waals surface area contributed by atoms with Gasteiger partial charge in [0.05, 0.1) is 5.69 Å². The predicted octanol–water partition coefficient (Wildman–Crippen LogP) is 2.21. The summed E-state index contributed by atoms with van der Waals surface area (Å²) >= 11 is 3.51. The molecule has 0 unspecified atom stereocenters. The van der Waals surface area contributed by atoms with E-state index in [1.807, 2.05) is 18.1 Å². The maximum Gasteiger partial charge on any atom is 0.225 e. The molecule has 19 heavy (non-hydrogen) atoms. The first kappa shape index (κ1) is 12.6. The van der Waals surface area contributed by atoms with Crippen LogP contribution in [0.3, 0.4) is 0 Å². The van der Waals surface area contributed by atoms with Crippen LogP contribution in [0.25, 0.3) is 11.3 Å². The molecule has 4 nitrogen and oxygen atoms in total. The summed E-state index contributed by atoms with van der Waals surface area (Å²) in [5.74, 6) is 0.736. The van der Waals surface area contributed by atoms with Crippen LogP contribution in [0.4, 0.5) is 5.95 Å². The van der Waals surface area contributed by atoms with Crippen LogP contribution in [-0.4, -0.2) is 30.1 Å². The standard InChI is InChI=1S/C14H15BrN4/c1-19(5-4-16)14-17-8-10-6-9-7-11(15)2-3-12(9)13(10)18-14/h2-3,7-8H,4-6,16H2,1H3. The molecule has 0 aliphatic heterocycles. The van der Waals surface area contributed by atoms with Crippen molar-refractivity contribution in [2.75, 3.05) is 25.0 Å². The van der Waals surface area contributed by atoms with Crippen LogP contribution in [-0.2, 0) is 6.42 Å². The Morgan fingerprint density at radius 1 is 1.37 bits per heavy atom. The quantitative estimate of drug-likeness (QED) is 0.804. The lowest BCUT2D eigenvalue weighted by Crippen LogP contribution is -2.26. The monoisotopic (exact) mass is 318 g/mol. The van der Waals surface area contributed by atoms with Crippen molar-refractivity contribution in [3.63, 3.8) is 0 Å². The van der Waals surface area contributed by atoms with Crippen LogP contribution in [0.15, 0.2) is 28.9 Å². The molecule has 0 spiro atoms. The zero-order valence-electron chi connectivity index (χ0n) is 10.7. The van der Waals surface area contributed by atoms with Gasteiger partial charge in [0.15, 0.2) is 0 Å². The van der Waals surface area contributed by atoms with Crippen molar-refractivity contribution in [1.82, 2.24) is 9.97 Å². The van der Waals surface area contributed by atoms with Crippen molar-refractivity contribution in [1.29, 1.82) is 0 Å². The van der Waals surface area contributed by atoms with Gasteiger partial charge in [-0.2, -0.15) is 0 Å². The van der Waals surface area contributed by atoms with Crippen molar-refractivity contribution in [3.05, 3.63) is 40.0 Å². The first-order valence-corrected chi connectivity index (χ1v) is 7.04. The molecule has 2 N–H and O–H groups in total. The molecule has 2 aromatic rings. The number of aromatic nitrogens is 2. The molecule has 0 bridgehead atoms. The Labute approximate surface area is 120 Å². The van der Waals surface area contributed by atoms with Crippen LogP contribution in [0.1, 0.15) is 11.1 Å². The van der Waals surface area contributed by atoms with Crippen molar-refractivity contribution < 1.29 is 0 Å². The Bertz CT molecular complexity index is 627. The average Bonchev–Trinajstić information content (AvgIpc) is 2.75. The highest BCUT2D eigenvalue weighted by Crippen LogP contribution is 2.36. The van der Waals surface area contributed by atoms with Gasteiger partial charge in [-0.25, -0.2) is 9.97 Å². The summed E-state index contributed by atoms with van der Waals surface area (Å²) in [6.07, 6.45) is 2.84. The zero-order valence-corrected chi connectivity index (χ0v) is 12.3. The first-order valence-electron chi connectivity index (χ1n) is 6.25. The van der Waals surface area contributed by atoms with E-state index in [-0.39, 0.29) is 0 Å². The Morgan fingerprint density at radius 3 is 3.00 bits per heavy atom. The molecule has 0 saturated carbocycles. The summed E-state index contributed by atoms with van der Waals surface area (Å²) < 4.78 is 1.10. The Balaban J connectivity index is 2.03. The van der Waals surface area contributed by atoms with Gasteiger partial charge in [0, 0.05) is 48.4 Å². The minimum atomic E-state index is 0.598. The normalized spacial score (nSPS) is 12.2. The number of rotatable bonds is 3. The molecule has 1 aliphatic rings. The van der Waals surface area contributed by atoms with Gasteiger partial charge >= 0.3 is 0 Å². The molecule has 3 rings (SSSR count). The molecule has 0 radical (unpaired) electrons. The van der Waals surface area contributed by atoms with Crippen LogP contribution in [0.5, 0.6) is 0 Å². The molecular formula is C14H15BrN4. The highest BCUT2D eigenvalue weighted by Gasteiger charge is 2.21. The van der Waals surface area contributed by atoms with Crippen molar-refractivity contribution in [2.45, 2.75) is 6.42 Å². The van der Waals surface area contributed by atoms with Crippen molar-refractivity contribution in [3.8, 4) is 11.3 Å². The molecule has 0 amide bonds. The maximum atomic E-state index is 5.57. The largest absolute Gasteiger partial charge is 0.343 e. The minimum Gasteiger partial charge on any atom is -0.343 e. The second-order valence-corrected chi connectivity index (χ2v) is 5.65. The Morgan fingerprint density at radius 2 is 2.21 bits per heavy atom. The average molecular weight is 319 g/mol. The van der Waals surface area contributed by atoms with Crippen LogP contribution in [0, 0.1) is 0 Å². The molecule has 1 aromatic heterocycles. The van der Waals surface area contributed by atoms with Crippen molar-refractivity contribution in [2.24, 2.45) is 5.73 Å². The summed E-state index contributed by atoms with van der Waals surface area (Å²) in [4.78, 5) is 11.1. The minimum absolute atomic E-state index is 0.598. The number of nitrogens with zero attached hydrogens (tertiary/aromatic N) is 3. The predicted molar refractivity (Wildman–Crippen MR) is 80.3 cm³/mol. The maximum absolute atomic E-state index is 5.57. The van der Waals surface area contributed by atoms with Gasteiger partial charge in [0.25, 0.3) is 0 Å². The van der Waals surface area contributed by atoms with Crippen LogP contribution in [0.2, 0.25) is 0 Å².